The number of nitrogens with zero attached hydrogens (tertiary/aromatic N) is 1. The highest BCUT2D eigenvalue weighted by Gasteiger charge is 2.19. The average Bonchev–Trinajstić information content (AvgIpc) is 2.97. The van der Waals surface area contributed by atoms with Crippen LogP contribution >= 0.6 is 11.6 Å². The van der Waals surface area contributed by atoms with Crippen molar-refractivity contribution in [2.24, 2.45) is 0 Å². The number of carbonyl (C=O) groups is 1. The fourth-order valence-electron chi connectivity index (χ4n) is 2.19. The molecule has 0 unspecified atom stereocenters. The molecule has 0 spiro atoms. The Morgan fingerprint density at radius 3 is 2.82 bits per heavy atom. The number of ether oxygens (including phenoxy) is 1. The molecule has 1 saturated heterocycles. The van der Waals surface area contributed by atoms with Crippen molar-refractivity contribution in [3.63, 3.8) is 0 Å². The van der Waals surface area contributed by atoms with Crippen LogP contribution in [0.2, 0.25) is 5.02 Å². The second-order valence-electron chi connectivity index (χ2n) is 5.24. The summed E-state index contributed by atoms with van der Waals surface area (Å²) in [5.41, 5.74) is 0.627. The molecule has 6 nitrogen and oxygen atoms in total. The number of hydrogen-bond acceptors (Lipinski definition) is 4. The van der Waals surface area contributed by atoms with Gasteiger partial charge < -0.3 is 10.1 Å². The summed E-state index contributed by atoms with van der Waals surface area (Å²) in [6.45, 7) is 1.17. The van der Waals surface area contributed by atoms with Crippen molar-refractivity contribution < 1.29 is 17.9 Å². The molecule has 1 heterocycles. The topological polar surface area (TPSA) is 75.7 Å². The number of carbonyl (C=O) groups excluding carboxylic acids is 1. The molecular weight excluding hydrogens is 328 g/mol. The van der Waals surface area contributed by atoms with E-state index in [4.69, 9.17) is 16.3 Å². The molecule has 1 aromatic rings. The summed E-state index contributed by atoms with van der Waals surface area (Å²) >= 11 is 6.02. The number of anilines is 1. The highest BCUT2D eigenvalue weighted by atomic mass is 35.5. The SMILES string of the molecule is CN(c1cc(C(=O)NC[C@H]2CCCO2)ccc1Cl)S(C)(=O)=O. The molecule has 1 aliphatic rings. The first-order valence-corrected chi connectivity index (χ1v) is 9.15. The summed E-state index contributed by atoms with van der Waals surface area (Å²) in [5.74, 6) is -0.282. The zero-order valence-corrected chi connectivity index (χ0v) is 14.1. The number of sulfonamides is 1. The van der Waals surface area contributed by atoms with Crippen LogP contribution in [0.4, 0.5) is 5.69 Å². The minimum atomic E-state index is -3.45. The van der Waals surface area contributed by atoms with E-state index >= 15 is 0 Å². The molecule has 2 rings (SSSR count). The van der Waals surface area contributed by atoms with Crippen molar-refractivity contribution in [2.75, 3.05) is 30.8 Å². The zero-order chi connectivity index (χ0) is 16.3. The van der Waals surface area contributed by atoms with Crippen molar-refractivity contribution in [2.45, 2.75) is 18.9 Å². The van der Waals surface area contributed by atoms with E-state index in [2.05, 4.69) is 5.32 Å². The van der Waals surface area contributed by atoms with E-state index in [-0.39, 0.29) is 22.7 Å². The van der Waals surface area contributed by atoms with Gasteiger partial charge in [-0.1, -0.05) is 11.6 Å². The number of rotatable bonds is 5. The highest BCUT2D eigenvalue weighted by molar-refractivity contribution is 7.92. The van der Waals surface area contributed by atoms with Crippen molar-refractivity contribution in [1.29, 1.82) is 0 Å². The summed E-state index contributed by atoms with van der Waals surface area (Å²) < 4.78 is 29.7. The third-order valence-corrected chi connectivity index (χ3v) is 5.07. The summed E-state index contributed by atoms with van der Waals surface area (Å²) in [6, 6.07) is 4.54. The molecule has 1 fully saturated rings. The average molecular weight is 347 g/mol. The van der Waals surface area contributed by atoms with Gasteiger partial charge in [-0.05, 0) is 31.0 Å². The highest BCUT2D eigenvalue weighted by Crippen LogP contribution is 2.27. The number of nitrogens with one attached hydrogen (secondary N) is 1. The largest absolute Gasteiger partial charge is 0.376 e. The van der Waals surface area contributed by atoms with Crippen LogP contribution in [0.5, 0.6) is 0 Å². The van der Waals surface area contributed by atoms with Gasteiger partial charge in [0.2, 0.25) is 10.0 Å². The summed E-state index contributed by atoms with van der Waals surface area (Å²) in [5, 5.41) is 3.06. The lowest BCUT2D eigenvalue weighted by Gasteiger charge is -2.19. The van der Waals surface area contributed by atoms with Crippen LogP contribution in [0.25, 0.3) is 0 Å². The fraction of sp³-hybridized carbons (Fsp3) is 0.500. The summed E-state index contributed by atoms with van der Waals surface area (Å²) in [4.78, 5) is 12.2. The second-order valence-corrected chi connectivity index (χ2v) is 7.66. The Labute approximate surface area is 135 Å². The van der Waals surface area contributed by atoms with Gasteiger partial charge in [-0.3, -0.25) is 9.10 Å². The first-order valence-electron chi connectivity index (χ1n) is 6.92. The molecular formula is C14H19ClN2O4S. The van der Waals surface area contributed by atoms with Gasteiger partial charge in [0, 0.05) is 25.8 Å². The fourth-order valence-corrected chi connectivity index (χ4v) is 2.99. The van der Waals surface area contributed by atoms with Crippen LogP contribution in [0, 0.1) is 0 Å². The molecule has 22 heavy (non-hydrogen) atoms. The van der Waals surface area contributed by atoms with Gasteiger partial charge in [0.1, 0.15) is 0 Å². The normalized spacial score (nSPS) is 18.2. The lowest BCUT2D eigenvalue weighted by atomic mass is 10.1. The molecule has 1 aliphatic heterocycles. The Hall–Kier alpha value is -1.31. The number of hydrogen-bond donors (Lipinski definition) is 1. The Morgan fingerprint density at radius 1 is 1.50 bits per heavy atom. The van der Waals surface area contributed by atoms with Crippen LogP contribution in [0.15, 0.2) is 18.2 Å². The van der Waals surface area contributed by atoms with E-state index in [0.29, 0.717) is 12.1 Å². The van der Waals surface area contributed by atoms with Gasteiger partial charge in [0.05, 0.1) is 23.1 Å². The Morgan fingerprint density at radius 2 is 2.23 bits per heavy atom. The minimum Gasteiger partial charge on any atom is -0.376 e. The molecule has 1 atom stereocenters. The monoisotopic (exact) mass is 346 g/mol. The van der Waals surface area contributed by atoms with Crippen molar-refractivity contribution in [1.82, 2.24) is 5.32 Å². The van der Waals surface area contributed by atoms with Crippen LogP contribution in [-0.4, -0.2) is 46.9 Å². The Bertz CT molecular complexity index is 657. The Balaban J connectivity index is 2.12. The van der Waals surface area contributed by atoms with E-state index in [1.54, 1.807) is 6.07 Å². The molecule has 0 aromatic heterocycles. The third-order valence-electron chi connectivity index (χ3n) is 3.56. The Kier molecular flexibility index (Phi) is 5.31. The van der Waals surface area contributed by atoms with Gasteiger partial charge >= 0.3 is 0 Å². The first-order chi connectivity index (χ1) is 10.3. The first kappa shape index (κ1) is 17.1. The molecule has 1 aromatic carbocycles. The number of halogens is 1. The van der Waals surface area contributed by atoms with Crippen LogP contribution in [0.3, 0.4) is 0 Å². The van der Waals surface area contributed by atoms with E-state index in [1.165, 1.54) is 19.2 Å². The van der Waals surface area contributed by atoms with Crippen LogP contribution < -0.4 is 9.62 Å². The predicted octanol–water partition coefficient (Wildman–Crippen LogP) is 1.64. The van der Waals surface area contributed by atoms with Gasteiger partial charge in [-0.2, -0.15) is 0 Å². The predicted molar refractivity (Wildman–Crippen MR) is 86.0 cm³/mol. The van der Waals surface area contributed by atoms with E-state index in [0.717, 1.165) is 30.0 Å². The number of amides is 1. The van der Waals surface area contributed by atoms with E-state index in [9.17, 15) is 13.2 Å². The smallest absolute Gasteiger partial charge is 0.251 e. The van der Waals surface area contributed by atoms with Crippen molar-refractivity contribution in [3.8, 4) is 0 Å². The van der Waals surface area contributed by atoms with Gasteiger partial charge in [0.15, 0.2) is 0 Å². The van der Waals surface area contributed by atoms with Gasteiger partial charge in [-0.25, -0.2) is 8.42 Å². The summed E-state index contributed by atoms with van der Waals surface area (Å²) in [7, 11) is -2.06. The lowest BCUT2D eigenvalue weighted by molar-refractivity contribution is 0.0858. The molecule has 1 amide bonds. The maximum absolute atomic E-state index is 12.2. The lowest BCUT2D eigenvalue weighted by Crippen LogP contribution is -2.32. The molecule has 122 valence electrons. The molecule has 0 radical (unpaired) electrons. The van der Waals surface area contributed by atoms with Crippen LogP contribution in [-0.2, 0) is 14.8 Å². The number of benzene rings is 1. The molecule has 0 saturated carbocycles. The van der Waals surface area contributed by atoms with E-state index < -0.39 is 10.0 Å². The van der Waals surface area contributed by atoms with Gasteiger partial charge in [0.25, 0.3) is 5.91 Å². The molecule has 0 aliphatic carbocycles. The molecule has 8 heteroatoms. The van der Waals surface area contributed by atoms with Gasteiger partial charge in [-0.15, -0.1) is 0 Å². The minimum absolute atomic E-state index is 0.0504. The van der Waals surface area contributed by atoms with Crippen molar-refractivity contribution >= 4 is 33.2 Å². The standard InChI is InChI=1S/C14H19ClN2O4S/c1-17(22(2,19)20)13-8-10(5-6-12(13)15)14(18)16-9-11-4-3-7-21-11/h5-6,8,11H,3-4,7,9H2,1-2H3,(H,16,18)/t11-/m1/s1. The maximum atomic E-state index is 12.2. The van der Waals surface area contributed by atoms with Crippen LogP contribution in [0.1, 0.15) is 23.2 Å². The maximum Gasteiger partial charge on any atom is 0.251 e. The van der Waals surface area contributed by atoms with E-state index in [1.807, 2.05) is 0 Å². The quantitative estimate of drug-likeness (QED) is 0.879. The second kappa shape index (κ2) is 6.85. The summed E-state index contributed by atoms with van der Waals surface area (Å²) in [6.07, 6.45) is 3.07. The third kappa shape index (κ3) is 4.12. The molecule has 1 N–H and O–H groups in total. The molecule has 0 bridgehead atoms. The van der Waals surface area contributed by atoms with Crippen molar-refractivity contribution in [3.05, 3.63) is 28.8 Å². The zero-order valence-electron chi connectivity index (χ0n) is 12.5.